The van der Waals surface area contributed by atoms with Crippen LogP contribution in [0.1, 0.15) is 23.4 Å². The van der Waals surface area contributed by atoms with E-state index in [0.717, 1.165) is 4.88 Å². The van der Waals surface area contributed by atoms with Crippen LogP contribution in [0.25, 0.3) is 0 Å². The average molecular weight is 328 g/mol. The minimum absolute atomic E-state index is 0.245. The van der Waals surface area contributed by atoms with Gasteiger partial charge in [-0.3, -0.25) is 0 Å². The second-order valence-electron chi connectivity index (χ2n) is 4.66. The van der Waals surface area contributed by atoms with Crippen LogP contribution in [-0.2, 0) is 16.4 Å². The molecule has 1 unspecified atom stereocenters. The molecule has 1 aromatic carbocycles. The van der Waals surface area contributed by atoms with Crippen LogP contribution in [0.2, 0.25) is 0 Å². The molecule has 0 saturated heterocycles. The monoisotopic (exact) mass is 328 g/mol. The van der Waals surface area contributed by atoms with Gasteiger partial charge in [0.25, 0.3) is 10.0 Å². The Hall–Kier alpha value is -1.28. The van der Waals surface area contributed by atoms with Crippen LogP contribution in [0.3, 0.4) is 0 Å². The summed E-state index contributed by atoms with van der Waals surface area (Å²) >= 11 is 1.20. The molecule has 0 aliphatic carbocycles. The Morgan fingerprint density at radius 1 is 1.33 bits per heavy atom. The molecule has 0 amide bonds. The number of thiophene rings is 1. The van der Waals surface area contributed by atoms with Gasteiger partial charge >= 0.3 is 0 Å². The van der Waals surface area contributed by atoms with Gasteiger partial charge < -0.3 is 5.73 Å². The average Bonchev–Trinajstić information content (AvgIpc) is 2.88. The molecule has 0 fully saturated rings. The van der Waals surface area contributed by atoms with Gasteiger partial charge in [0.05, 0.1) is 0 Å². The lowest BCUT2D eigenvalue weighted by atomic mass is 10.1. The Morgan fingerprint density at radius 3 is 2.76 bits per heavy atom. The van der Waals surface area contributed by atoms with Crippen LogP contribution in [0.4, 0.5) is 4.39 Å². The molecular formula is C14H17FN2O2S2. The summed E-state index contributed by atoms with van der Waals surface area (Å²) in [7, 11) is -3.61. The molecule has 0 aliphatic rings. The highest BCUT2D eigenvalue weighted by Gasteiger charge is 2.20. The Morgan fingerprint density at radius 2 is 2.10 bits per heavy atom. The van der Waals surface area contributed by atoms with Gasteiger partial charge in [-0.1, -0.05) is 12.1 Å². The van der Waals surface area contributed by atoms with E-state index >= 15 is 0 Å². The van der Waals surface area contributed by atoms with Crippen molar-refractivity contribution in [2.75, 3.05) is 6.54 Å². The minimum atomic E-state index is -3.61. The van der Waals surface area contributed by atoms with Crippen molar-refractivity contribution in [3.05, 3.63) is 52.7 Å². The number of hydrogen-bond acceptors (Lipinski definition) is 4. The molecule has 21 heavy (non-hydrogen) atoms. The molecule has 0 bridgehead atoms. The molecule has 2 aromatic rings. The number of sulfonamides is 1. The van der Waals surface area contributed by atoms with Crippen molar-refractivity contribution >= 4 is 21.4 Å². The van der Waals surface area contributed by atoms with E-state index in [1.54, 1.807) is 31.2 Å². The van der Waals surface area contributed by atoms with Crippen LogP contribution >= 0.6 is 11.3 Å². The van der Waals surface area contributed by atoms with Crippen LogP contribution in [0.5, 0.6) is 0 Å². The number of hydrogen-bond donors (Lipinski definition) is 2. The van der Waals surface area contributed by atoms with Gasteiger partial charge in [0.1, 0.15) is 10.0 Å². The maximum absolute atomic E-state index is 13.2. The molecule has 1 aromatic heterocycles. The third-order valence-corrected chi connectivity index (χ3v) is 6.15. The molecule has 4 nitrogen and oxygen atoms in total. The van der Waals surface area contributed by atoms with E-state index in [2.05, 4.69) is 4.72 Å². The highest BCUT2D eigenvalue weighted by atomic mass is 32.2. The summed E-state index contributed by atoms with van der Waals surface area (Å²) in [5.74, 6) is -0.389. The van der Waals surface area contributed by atoms with Crippen LogP contribution in [0, 0.1) is 5.82 Å². The summed E-state index contributed by atoms with van der Waals surface area (Å²) < 4.78 is 40.6. The predicted octanol–water partition coefficient (Wildman–Crippen LogP) is 2.43. The lowest BCUT2D eigenvalue weighted by Crippen LogP contribution is -2.26. The minimum Gasteiger partial charge on any atom is -0.330 e. The van der Waals surface area contributed by atoms with Crippen molar-refractivity contribution in [2.24, 2.45) is 5.73 Å². The van der Waals surface area contributed by atoms with Crippen molar-refractivity contribution < 1.29 is 12.8 Å². The van der Waals surface area contributed by atoms with Crippen molar-refractivity contribution in [1.82, 2.24) is 4.72 Å². The van der Waals surface area contributed by atoms with Gasteiger partial charge in [-0.25, -0.2) is 17.5 Å². The van der Waals surface area contributed by atoms with Gasteiger partial charge in [0.2, 0.25) is 0 Å². The fourth-order valence-electron chi connectivity index (χ4n) is 1.91. The summed E-state index contributed by atoms with van der Waals surface area (Å²) in [4.78, 5) is 0.927. The fourth-order valence-corrected chi connectivity index (χ4v) is 4.53. The number of nitrogens with one attached hydrogen (secondary N) is 1. The third kappa shape index (κ3) is 4.10. The first-order valence-corrected chi connectivity index (χ1v) is 8.79. The SMILES string of the molecule is CC(NS(=O)(=O)c1ccc(CCN)s1)c1cccc(F)c1. The van der Waals surface area contributed by atoms with Crippen molar-refractivity contribution in [3.63, 3.8) is 0 Å². The van der Waals surface area contributed by atoms with Crippen molar-refractivity contribution in [2.45, 2.75) is 23.6 Å². The molecule has 114 valence electrons. The van der Waals surface area contributed by atoms with Crippen LogP contribution in [0.15, 0.2) is 40.6 Å². The molecule has 0 aliphatic heterocycles. The quantitative estimate of drug-likeness (QED) is 0.855. The molecule has 7 heteroatoms. The highest BCUT2D eigenvalue weighted by molar-refractivity contribution is 7.91. The summed E-state index contributed by atoms with van der Waals surface area (Å²) in [6.07, 6.45) is 0.652. The largest absolute Gasteiger partial charge is 0.330 e. The number of benzene rings is 1. The zero-order chi connectivity index (χ0) is 15.5. The number of halogens is 1. The van der Waals surface area contributed by atoms with Gasteiger partial charge in [0, 0.05) is 10.9 Å². The molecule has 0 radical (unpaired) electrons. The van der Waals surface area contributed by atoms with Crippen LogP contribution < -0.4 is 10.5 Å². The van der Waals surface area contributed by atoms with E-state index in [1.807, 2.05) is 0 Å². The first-order chi connectivity index (χ1) is 9.92. The zero-order valence-corrected chi connectivity index (χ0v) is 13.2. The molecule has 3 N–H and O–H groups in total. The molecular weight excluding hydrogens is 311 g/mol. The second kappa shape index (κ2) is 6.65. The van der Waals surface area contributed by atoms with Crippen LogP contribution in [-0.4, -0.2) is 15.0 Å². The fraction of sp³-hybridized carbons (Fsp3) is 0.286. The van der Waals surface area contributed by atoms with Gasteiger partial charge in [-0.15, -0.1) is 11.3 Å². The van der Waals surface area contributed by atoms with E-state index in [1.165, 1.54) is 23.5 Å². The molecule has 1 heterocycles. The van der Waals surface area contributed by atoms with E-state index in [-0.39, 0.29) is 10.0 Å². The molecule has 0 spiro atoms. The Bertz CT molecular complexity index is 713. The standard InChI is InChI=1S/C14H17FN2O2S2/c1-10(11-3-2-4-12(15)9-11)17-21(18,19)14-6-5-13(20-14)7-8-16/h2-6,9-10,17H,7-8,16H2,1H3. The number of rotatable bonds is 6. The van der Waals surface area contributed by atoms with E-state index in [0.29, 0.717) is 18.5 Å². The third-order valence-electron chi connectivity index (χ3n) is 2.97. The normalized spacial score (nSPS) is 13.3. The lowest BCUT2D eigenvalue weighted by molar-refractivity contribution is 0.566. The smallest absolute Gasteiger partial charge is 0.250 e. The number of nitrogens with two attached hydrogens (primary N) is 1. The predicted molar refractivity (Wildman–Crippen MR) is 82.2 cm³/mol. The Balaban J connectivity index is 2.16. The van der Waals surface area contributed by atoms with E-state index in [9.17, 15) is 12.8 Å². The Kier molecular flexibility index (Phi) is 5.10. The lowest BCUT2D eigenvalue weighted by Gasteiger charge is -2.13. The first kappa shape index (κ1) is 16.1. The van der Waals surface area contributed by atoms with Crippen molar-refractivity contribution in [3.8, 4) is 0 Å². The molecule has 2 rings (SSSR count). The zero-order valence-electron chi connectivity index (χ0n) is 11.5. The summed E-state index contributed by atoms with van der Waals surface area (Å²) in [5.41, 5.74) is 6.04. The Labute approximate surface area is 127 Å². The van der Waals surface area contributed by atoms with E-state index in [4.69, 9.17) is 5.73 Å². The van der Waals surface area contributed by atoms with Gasteiger partial charge in [0.15, 0.2) is 0 Å². The first-order valence-electron chi connectivity index (χ1n) is 6.49. The van der Waals surface area contributed by atoms with Gasteiger partial charge in [-0.2, -0.15) is 0 Å². The summed E-state index contributed by atoms with van der Waals surface area (Å²) in [5, 5.41) is 0. The highest BCUT2D eigenvalue weighted by Crippen LogP contribution is 2.24. The second-order valence-corrected chi connectivity index (χ2v) is 7.77. The summed E-state index contributed by atoms with van der Waals surface area (Å²) in [6, 6.07) is 8.70. The molecule has 0 saturated carbocycles. The summed E-state index contributed by atoms with van der Waals surface area (Å²) in [6.45, 7) is 2.16. The maximum Gasteiger partial charge on any atom is 0.250 e. The topological polar surface area (TPSA) is 72.2 Å². The molecule has 1 atom stereocenters. The van der Waals surface area contributed by atoms with Crippen molar-refractivity contribution in [1.29, 1.82) is 0 Å². The van der Waals surface area contributed by atoms with Gasteiger partial charge in [-0.05, 0) is 49.7 Å². The van der Waals surface area contributed by atoms with E-state index < -0.39 is 16.1 Å². The maximum atomic E-state index is 13.2.